The molecule has 0 unspecified atom stereocenters. The highest BCUT2D eigenvalue weighted by atomic mass is 32.2. The predicted molar refractivity (Wildman–Crippen MR) is 132 cm³/mol. The van der Waals surface area contributed by atoms with Gasteiger partial charge in [-0.2, -0.15) is 0 Å². The van der Waals surface area contributed by atoms with Crippen LogP contribution < -0.4 is 10.2 Å². The third-order valence-corrected chi connectivity index (χ3v) is 6.57. The van der Waals surface area contributed by atoms with E-state index in [0.717, 1.165) is 11.1 Å². The molecule has 8 nitrogen and oxygen atoms in total. The van der Waals surface area contributed by atoms with Crippen molar-refractivity contribution in [1.82, 2.24) is 19.7 Å². The van der Waals surface area contributed by atoms with Gasteiger partial charge in [-0.15, -0.1) is 10.2 Å². The van der Waals surface area contributed by atoms with Gasteiger partial charge in [0.1, 0.15) is 6.54 Å². The minimum absolute atomic E-state index is 0.0142. The molecule has 1 aliphatic heterocycles. The number of fused-ring (bicyclic) bond motifs is 1. The van der Waals surface area contributed by atoms with E-state index in [4.69, 9.17) is 0 Å². The molecule has 0 radical (unpaired) electrons. The average molecular weight is 471 g/mol. The van der Waals surface area contributed by atoms with Crippen LogP contribution in [0, 0.1) is 0 Å². The Labute approximate surface area is 201 Å². The third-order valence-electron chi connectivity index (χ3n) is 5.51. The average Bonchev–Trinajstić information content (AvgIpc) is 3.26. The number of carbonyl (C=O) groups excluding carboxylic acids is 2. The highest BCUT2D eigenvalue weighted by Crippen LogP contribution is 2.33. The van der Waals surface area contributed by atoms with Gasteiger partial charge in [0.15, 0.2) is 11.0 Å². The zero-order chi connectivity index (χ0) is 23.5. The van der Waals surface area contributed by atoms with Crippen molar-refractivity contribution in [2.24, 2.45) is 0 Å². The van der Waals surface area contributed by atoms with E-state index in [1.165, 1.54) is 16.7 Å². The van der Waals surface area contributed by atoms with Crippen LogP contribution in [0.5, 0.6) is 0 Å². The molecule has 0 aliphatic carbocycles. The van der Waals surface area contributed by atoms with E-state index in [1.807, 2.05) is 72.2 Å². The summed E-state index contributed by atoms with van der Waals surface area (Å²) >= 11 is 1.33. The summed E-state index contributed by atoms with van der Waals surface area (Å²) in [6, 6.07) is 21.1. The standard InChI is InChI=1S/C25H22N6O2S/c1-17(24(33)30-16-22(32)27-20-9-5-6-10-21(20)30)34-25-29-28-23(19-11-13-26-14-12-19)31(25)15-18-7-3-2-4-8-18/h2-14,17H,15-16H2,1H3,(H,27,32)/t17-/m0/s1. The molecule has 2 aromatic heterocycles. The number of hydrogen-bond acceptors (Lipinski definition) is 6. The monoisotopic (exact) mass is 470 g/mol. The number of para-hydroxylation sites is 2. The zero-order valence-corrected chi connectivity index (χ0v) is 19.3. The van der Waals surface area contributed by atoms with Crippen LogP contribution in [0.1, 0.15) is 12.5 Å². The lowest BCUT2D eigenvalue weighted by Crippen LogP contribution is -2.45. The Morgan fingerprint density at radius 3 is 2.56 bits per heavy atom. The summed E-state index contributed by atoms with van der Waals surface area (Å²) in [5, 5.41) is 11.8. The maximum Gasteiger partial charge on any atom is 0.244 e. The number of carbonyl (C=O) groups is 2. The van der Waals surface area contributed by atoms with Gasteiger partial charge in [-0.25, -0.2) is 0 Å². The Kier molecular flexibility index (Phi) is 6.09. The maximum atomic E-state index is 13.4. The molecule has 0 saturated carbocycles. The Hall–Kier alpha value is -3.98. The molecule has 34 heavy (non-hydrogen) atoms. The van der Waals surface area contributed by atoms with Crippen LogP contribution in [0.4, 0.5) is 11.4 Å². The Morgan fingerprint density at radius 1 is 1.03 bits per heavy atom. The number of rotatable bonds is 6. The minimum atomic E-state index is -0.483. The van der Waals surface area contributed by atoms with Crippen LogP contribution in [0.3, 0.4) is 0 Å². The number of amides is 2. The van der Waals surface area contributed by atoms with Crippen molar-refractivity contribution in [3.63, 3.8) is 0 Å². The van der Waals surface area contributed by atoms with Crippen LogP contribution in [0.2, 0.25) is 0 Å². The SMILES string of the molecule is C[C@H](Sc1nnc(-c2ccncc2)n1Cc1ccccc1)C(=O)N1CC(=O)Nc2ccccc21. The number of thioether (sulfide) groups is 1. The lowest BCUT2D eigenvalue weighted by molar-refractivity contribution is -0.121. The summed E-state index contributed by atoms with van der Waals surface area (Å²) in [5.74, 6) is 0.333. The Bertz CT molecular complexity index is 1330. The molecule has 1 atom stereocenters. The second-order valence-corrected chi connectivity index (χ2v) is 9.17. The van der Waals surface area contributed by atoms with Gasteiger partial charge in [-0.1, -0.05) is 54.2 Å². The van der Waals surface area contributed by atoms with Gasteiger partial charge < -0.3 is 5.32 Å². The van der Waals surface area contributed by atoms with Gasteiger partial charge >= 0.3 is 0 Å². The van der Waals surface area contributed by atoms with Crippen LogP contribution in [0.15, 0.2) is 84.3 Å². The first-order chi connectivity index (χ1) is 16.6. The molecule has 1 aliphatic rings. The van der Waals surface area contributed by atoms with Crippen LogP contribution >= 0.6 is 11.8 Å². The molecule has 5 rings (SSSR count). The summed E-state index contributed by atoms with van der Waals surface area (Å²) in [6.45, 7) is 2.37. The molecule has 4 aromatic rings. The molecule has 2 amide bonds. The Morgan fingerprint density at radius 2 is 1.76 bits per heavy atom. The fourth-order valence-corrected chi connectivity index (χ4v) is 4.77. The molecular formula is C25H22N6O2S. The summed E-state index contributed by atoms with van der Waals surface area (Å²) in [6.07, 6.45) is 3.43. The lowest BCUT2D eigenvalue weighted by atomic mass is 10.2. The number of aromatic nitrogens is 4. The van der Waals surface area contributed by atoms with Crippen molar-refractivity contribution in [3.8, 4) is 11.4 Å². The summed E-state index contributed by atoms with van der Waals surface area (Å²) in [4.78, 5) is 31.2. The third kappa shape index (κ3) is 4.42. The van der Waals surface area contributed by atoms with Gasteiger partial charge in [0.2, 0.25) is 11.8 Å². The summed E-state index contributed by atoms with van der Waals surface area (Å²) < 4.78 is 2.01. The molecule has 0 saturated heterocycles. The second kappa shape index (κ2) is 9.48. The number of nitrogens with one attached hydrogen (secondary N) is 1. The van der Waals surface area contributed by atoms with Crippen molar-refractivity contribution >= 4 is 35.0 Å². The predicted octanol–water partition coefficient (Wildman–Crippen LogP) is 3.85. The van der Waals surface area contributed by atoms with Gasteiger partial charge in [0.05, 0.1) is 23.2 Å². The van der Waals surface area contributed by atoms with Crippen LogP contribution in [0.25, 0.3) is 11.4 Å². The van der Waals surface area contributed by atoms with Gasteiger partial charge in [-0.3, -0.25) is 24.0 Å². The van der Waals surface area contributed by atoms with Gasteiger partial charge in [0, 0.05) is 18.0 Å². The van der Waals surface area contributed by atoms with Crippen molar-refractivity contribution in [2.75, 3.05) is 16.8 Å². The molecule has 2 aromatic carbocycles. The molecule has 9 heteroatoms. The highest BCUT2D eigenvalue weighted by molar-refractivity contribution is 8.00. The molecular weight excluding hydrogens is 448 g/mol. The second-order valence-electron chi connectivity index (χ2n) is 7.86. The first-order valence-electron chi connectivity index (χ1n) is 10.8. The highest BCUT2D eigenvalue weighted by Gasteiger charge is 2.31. The van der Waals surface area contributed by atoms with Crippen LogP contribution in [-0.4, -0.2) is 43.4 Å². The fourth-order valence-electron chi connectivity index (χ4n) is 3.86. The van der Waals surface area contributed by atoms with E-state index in [0.29, 0.717) is 28.9 Å². The number of benzene rings is 2. The quantitative estimate of drug-likeness (QED) is 0.430. The largest absolute Gasteiger partial charge is 0.323 e. The number of pyridine rings is 1. The normalized spacial score (nSPS) is 13.8. The molecule has 3 heterocycles. The molecule has 1 N–H and O–H groups in total. The van der Waals surface area contributed by atoms with E-state index in [-0.39, 0.29) is 18.4 Å². The molecule has 0 bridgehead atoms. The first kappa shape index (κ1) is 21.8. The maximum absolute atomic E-state index is 13.4. The number of hydrogen-bond donors (Lipinski definition) is 1. The number of nitrogens with zero attached hydrogens (tertiary/aromatic N) is 5. The summed E-state index contributed by atoms with van der Waals surface area (Å²) in [7, 11) is 0. The topological polar surface area (TPSA) is 93.0 Å². The molecule has 170 valence electrons. The molecule has 0 fully saturated rings. The van der Waals surface area contributed by atoms with E-state index >= 15 is 0 Å². The lowest BCUT2D eigenvalue weighted by Gasteiger charge is -2.30. The van der Waals surface area contributed by atoms with Gasteiger partial charge in [0.25, 0.3) is 0 Å². The zero-order valence-electron chi connectivity index (χ0n) is 18.5. The van der Waals surface area contributed by atoms with Crippen LogP contribution in [-0.2, 0) is 16.1 Å². The first-order valence-corrected chi connectivity index (χ1v) is 11.7. The van der Waals surface area contributed by atoms with Crippen molar-refractivity contribution in [2.45, 2.75) is 23.9 Å². The number of anilines is 2. The minimum Gasteiger partial charge on any atom is -0.323 e. The van der Waals surface area contributed by atoms with Crippen molar-refractivity contribution in [3.05, 3.63) is 84.7 Å². The van der Waals surface area contributed by atoms with Crippen molar-refractivity contribution < 1.29 is 9.59 Å². The summed E-state index contributed by atoms with van der Waals surface area (Å²) in [5.41, 5.74) is 3.32. The van der Waals surface area contributed by atoms with E-state index in [2.05, 4.69) is 20.5 Å². The van der Waals surface area contributed by atoms with E-state index in [9.17, 15) is 9.59 Å². The van der Waals surface area contributed by atoms with Crippen molar-refractivity contribution in [1.29, 1.82) is 0 Å². The van der Waals surface area contributed by atoms with Gasteiger partial charge in [-0.05, 0) is 36.8 Å². The smallest absolute Gasteiger partial charge is 0.244 e. The fraction of sp³-hybridized carbons (Fsp3) is 0.160. The van der Waals surface area contributed by atoms with E-state index in [1.54, 1.807) is 18.5 Å². The van der Waals surface area contributed by atoms with E-state index < -0.39 is 5.25 Å². The molecule has 0 spiro atoms. The Balaban J connectivity index is 1.44.